The molecule has 12 heteroatoms. The van der Waals surface area contributed by atoms with Crippen LogP contribution >= 0.6 is 7.82 Å². The highest BCUT2D eigenvalue weighted by atomic mass is 31.2. The van der Waals surface area contributed by atoms with Gasteiger partial charge in [-0.1, -0.05) is 221 Å². The van der Waals surface area contributed by atoms with Crippen LogP contribution in [0.3, 0.4) is 0 Å². The number of aliphatic hydroxyl groups excluding tert-OH is 1. The van der Waals surface area contributed by atoms with E-state index in [4.69, 9.17) is 23.3 Å². The van der Waals surface area contributed by atoms with Crippen LogP contribution in [0.25, 0.3) is 0 Å². The molecule has 74 heavy (non-hydrogen) atoms. The van der Waals surface area contributed by atoms with Crippen LogP contribution in [0.2, 0.25) is 0 Å². The lowest BCUT2D eigenvalue weighted by Gasteiger charge is -2.21. The molecule has 0 aromatic rings. The molecule has 11 nitrogen and oxygen atoms in total. The topological polar surface area (TPSA) is 155 Å². The van der Waals surface area contributed by atoms with E-state index in [1.54, 1.807) is 0 Å². The van der Waals surface area contributed by atoms with E-state index < -0.39 is 57.8 Å². The van der Waals surface area contributed by atoms with Gasteiger partial charge in [-0.2, -0.15) is 0 Å². The summed E-state index contributed by atoms with van der Waals surface area (Å²) in [6, 6.07) is 0. The zero-order valence-electron chi connectivity index (χ0n) is 46.8. The average molecular weight is 1060 g/mol. The molecule has 0 radical (unpaired) electrons. The third kappa shape index (κ3) is 53.2. The third-order valence-electron chi connectivity index (χ3n) is 12.0. The van der Waals surface area contributed by atoms with Crippen LogP contribution in [-0.4, -0.2) is 66.5 Å². The average Bonchev–Trinajstić information content (AvgIpc) is 3.39. The monoisotopic (exact) mass is 1060 g/mol. The van der Waals surface area contributed by atoms with Crippen LogP contribution < -0.4 is 0 Å². The molecule has 0 amide bonds. The molecule has 0 aliphatic heterocycles. The Morgan fingerprint density at radius 1 is 0.392 bits per heavy atom. The SMILES string of the molecule is CC/C=C\C/C=C\C/C=C\C/C=C\CCCCCCCCC(=O)OC(COC(=O)CCCCCCCCCCCCC)COP(=O)(O)OCC(CO)OC(=O)CCCCCC/C=C\C/C=C\C/C=C\C/C=C\CC. The number of phosphoric acid groups is 1. The molecule has 2 N–H and O–H groups in total. The van der Waals surface area contributed by atoms with Crippen LogP contribution in [0.5, 0.6) is 0 Å². The smallest absolute Gasteiger partial charge is 0.462 e. The minimum atomic E-state index is -4.76. The number of carbonyl (C=O) groups excluding carboxylic acids is 3. The van der Waals surface area contributed by atoms with E-state index in [-0.39, 0.29) is 25.9 Å². The van der Waals surface area contributed by atoms with Crippen molar-refractivity contribution < 1.29 is 52.2 Å². The van der Waals surface area contributed by atoms with E-state index in [1.165, 1.54) is 44.9 Å². The van der Waals surface area contributed by atoms with Gasteiger partial charge in [0.05, 0.1) is 19.8 Å². The van der Waals surface area contributed by atoms with Gasteiger partial charge in [-0.25, -0.2) is 4.57 Å². The van der Waals surface area contributed by atoms with Crippen LogP contribution in [0.15, 0.2) is 97.2 Å². The first-order valence-electron chi connectivity index (χ1n) is 29.1. The fraction of sp³-hybridized carbons (Fsp3) is 0.694. The Kier molecular flexibility index (Phi) is 52.9. The lowest BCUT2D eigenvalue weighted by atomic mass is 10.1. The minimum Gasteiger partial charge on any atom is -0.462 e. The van der Waals surface area contributed by atoms with Gasteiger partial charge in [-0.05, 0) is 96.3 Å². The summed E-state index contributed by atoms with van der Waals surface area (Å²) in [5.41, 5.74) is 0. The second kappa shape index (κ2) is 55.6. The number of aliphatic hydroxyl groups is 1. The molecule has 0 rings (SSSR count). The van der Waals surface area contributed by atoms with Crippen molar-refractivity contribution in [2.24, 2.45) is 0 Å². The Bertz CT molecular complexity index is 1610. The molecule has 3 unspecified atom stereocenters. The Labute approximate surface area is 451 Å². The Hall–Kier alpha value is -3.60. The second-order valence-corrected chi connectivity index (χ2v) is 20.5. The highest BCUT2D eigenvalue weighted by Gasteiger charge is 2.28. The summed E-state index contributed by atoms with van der Waals surface area (Å²) in [4.78, 5) is 48.5. The van der Waals surface area contributed by atoms with Gasteiger partial charge >= 0.3 is 25.7 Å². The predicted molar refractivity (Wildman–Crippen MR) is 307 cm³/mol. The first-order chi connectivity index (χ1) is 36.2. The zero-order chi connectivity index (χ0) is 54.1. The van der Waals surface area contributed by atoms with Crippen molar-refractivity contribution in [3.05, 3.63) is 97.2 Å². The maximum Gasteiger partial charge on any atom is 0.472 e. The highest BCUT2D eigenvalue weighted by molar-refractivity contribution is 7.47. The van der Waals surface area contributed by atoms with Crippen LogP contribution in [0, 0.1) is 0 Å². The lowest BCUT2D eigenvalue weighted by molar-refractivity contribution is -0.161. The Balaban J connectivity index is 4.73. The molecule has 0 saturated carbocycles. The first-order valence-corrected chi connectivity index (χ1v) is 30.6. The molecule has 0 bridgehead atoms. The third-order valence-corrected chi connectivity index (χ3v) is 13.0. The quantitative estimate of drug-likeness (QED) is 0.0197. The normalized spacial score (nSPS) is 14.1. The summed E-state index contributed by atoms with van der Waals surface area (Å²) in [7, 11) is -4.76. The molecule has 3 atom stereocenters. The number of allylic oxidation sites excluding steroid dienone is 16. The number of esters is 3. The van der Waals surface area contributed by atoms with E-state index in [9.17, 15) is 28.9 Å². The van der Waals surface area contributed by atoms with Gasteiger partial charge in [0.2, 0.25) is 0 Å². The molecule has 0 saturated heterocycles. The van der Waals surface area contributed by atoms with Crippen molar-refractivity contribution in [1.82, 2.24) is 0 Å². The van der Waals surface area contributed by atoms with Gasteiger partial charge in [0, 0.05) is 19.3 Å². The highest BCUT2D eigenvalue weighted by Crippen LogP contribution is 2.43. The number of hydrogen-bond acceptors (Lipinski definition) is 10. The van der Waals surface area contributed by atoms with Gasteiger partial charge < -0.3 is 24.2 Å². The molecule has 0 heterocycles. The molecule has 0 fully saturated rings. The summed E-state index contributed by atoms with van der Waals surface area (Å²) in [6.07, 6.45) is 65.0. The van der Waals surface area contributed by atoms with Crippen LogP contribution in [0.1, 0.15) is 239 Å². The summed E-state index contributed by atoms with van der Waals surface area (Å²) >= 11 is 0. The van der Waals surface area contributed by atoms with Gasteiger partial charge in [-0.3, -0.25) is 23.4 Å². The lowest BCUT2D eigenvalue weighted by Crippen LogP contribution is -2.30. The first kappa shape index (κ1) is 70.4. The number of hydrogen-bond donors (Lipinski definition) is 2. The van der Waals surface area contributed by atoms with Crippen molar-refractivity contribution >= 4 is 25.7 Å². The summed E-state index contributed by atoms with van der Waals surface area (Å²) in [5.74, 6) is -1.51. The summed E-state index contributed by atoms with van der Waals surface area (Å²) < 4.78 is 39.5. The fourth-order valence-electron chi connectivity index (χ4n) is 7.63. The largest absolute Gasteiger partial charge is 0.472 e. The minimum absolute atomic E-state index is 0.145. The van der Waals surface area contributed by atoms with Gasteiger partial charge in [0.1, 0.15) is 12.7 Å². The molecular weight excluding hydrogens is 952 g/mol. The summed E-state index contributed by atoms with van der Waals surface area (Å²) in [6.45, 7) is 4.37. The zero-order valence-corrected chi connectivity index (χ0v) is 47.7. The van der Waals surface area contributed by atoms with E-state index in [1.807, 2.05) is 0 Å². The number of phosphoric ester groups is 1. The van der Waals surface area contributed by atoms with E-state index in [2.05, 4.69) is 118 Å². The molecule has 0 aliphatic carbocycles. The van der Waals surface area contributed by atoms with Crippen molar-refractivity contribution in [3.63, 3.8) is 0 Å². The van der Waals surface area contributed by atoms with Crippen LogP contribution in [-0.2, 0) is 42.2 Å². The van der Waals surface area contributed by atoms with Crippen molar-refractivity contribution in [3.8, 4) is 0 Å². The fourth-order valence-corrected chi connectivity index (χ4v) is 8.42. The van der Waals surface area contributed by atoms with Gasteiger partial charge in [0.15, 0.2) is 6.10 Å². The number of ether oxygens (including phenoxy) is 3. The van der Waals surface area contributed by atoms with Gasteiger partial charge in [-0.15, -0.1) is 0 Å². The van der Waals surface area contributed by atoms with E-state index in [0.29, 0.717) is 19.3 Å². The number of unbranched alkanes of at least 4 members (excludes halogenated alkanes) is 20. The van der Waals surface area contributed by atoms with Gasteiger partial charge in [0.25, 0.3) is 0 Å². The Morgan fingerprint density at radius 2 is 0.703 bits per heavy atom. The second-order valence-electron chi connectivity index (χ2n) is 19.0. The van der Waals surface area contributed by atoms with E-state index in [0.717, 1.165) is 135 Å². The van der Waals surface area contributed by atoms with Crippen molar-refractivity contribution in [2.45, 2.75) is 251 Å². The number of carbonyl (C=O) groups is 3. The standard InChI is InChI=1S/C62H105O11P/c1-4-7-10-13-16-19-22-24-26-28-29-31-33-35-38-41-44-47-50-53-62(66)73-59(55-69-60(64)51-48-45-42-39-36-21-18-15-12-9-6-3)57-71-74(67,68)70-56-58(54-63)72-61(65)52-49-46-43-40-37-34-32-30-27-25-23-20-17-14-11-8-5-2/h7-8,10-11,16-17,19-20,24-27,29,31-32,34,58-59,63H,4-6,9,12-15,18,21-23,28,30,33,35-57H2,1-3H3,(H,67,68)/b10-7-,11-8-,19-16-,20-17-,26-24-,27-25-,31-29-,34-32-. The molecule has 0 aromatic carbocycles. The van der Waals surface area contributed by atoms with Crippen molar-refractivity contribution in [1.29, 1.82) is 0 Å². The molecule has 424 valence electrons. The maximum absolute atomic E-state index is 12.9. The predicted octanol–water partition coefficient (Wildman–Crippen LogP) is 17.3. The molecule has 0 spiro atoms. The Morgan fingerprint density at radius 3 is 1.08 bits per heavy atom. The number of rotatable bonds is 53. The summed E-state index contributed by atoms with van der Waals surface area (Å²) in [5, 5.41) is 9.82. The molecular formula is C62H105O11P. The van der Waals surface area contributed by atoms with Crippen molar-refractivity contribution in [2.75, 3.05) is 26.4 Å². The maximum atomic E-state index is 12.9. The van der Waals surface area contributed by atoms with Crippen LogP contribution in [0.4, 0.5) is 0 Å². The molecule has 0 aromatic heterocycles. The van der Waals surface area contributed by atoms with E-state index >= 15 is 0 Å². The molecule has 0 aliphatic rings.